The monoisotopic (exact) mass is 352 g/mol. The Labute approximate surface area is 131 Å². The zero-order valence-electron chi connectivity index (χ0n) is 12.0. The molecule has 0 atom stereocenters. The number of nitrogens with one attached hydrogen (secondary N) is 2. The van der Waals surface area contributed by atoms with E-state index in [1.54, 1.807) is 0 Å². The van der Waals surface area contributed by atoms with Gasteiger partial charge < -0.3 is 10.1 Å². The number of ether oxygens (including phenoxy) is 1. The minimum Gasteiger partial charge on any atom is -0.461 e. The van der Waals surface area contributed by atoms with Gasteiger partial charge in [0.25, 0.3) is 0 Å². The summed E-state index contributed by atoms with van der Waals surface area (Å²) < 4.78 is 6.47. The molecule has 0 fully saturated rings. The Morgan fingerprint density at radius 2 is 1.90 bits per heavy atom. The van der Waals surface area contributed by atoms with E-state index in [4.69, 9.17) is 10.6 Å². The molecule has 0 saturated heterocycles. The van der Waals surface area contributed by atoms with Crippen LogP contribution in [0.3, 0.4) is 0 Å². The number of rotatable bonds is 5. The Hall–Kier alpha value is -1.93. The van der Waals surface area contributed by atoms with Gasteiger partial charge in [0.05, 0.1) is 6.10 Å². The van der Waals surface area contributed by atoms with Crippen LogP contribution in [0.5, 0.6) is 6.01 Å². The molecule has 0 saturated carbocycles. The Balaban J connectivity index is 2.27. The van der Waals surface area contributed by atoms with Crippen molar-refractivity contribution >= 4 is 33.5 Å². The van der Waals surface area contributed by atoms with Crippen molar-refractivity contribution in [3.8, 4) is 6.01 Å². The fourth-order valence-corrected chi connectivity index (χ4v) is 1.92. The summed E-state index contributed by atoms with van der Waals surface area (Å²) in [7, 11) is 0. The highest BCUT2D eigenvalue weighted by Gasteiger charge is 2.09. The van der Waals surface area contributed by atoms with Crippen LogP contribution in [0.25, 0.3) is 0 Å². The maximum atomic E-state index is 5.47. The molecular weight excluding hydrogens is 336 g/mol. The maximum Gasteiger partial charge on any atom is 0.323 e. The number of hydrazine groups is 1. The van der Waals surface area contributed by atoms with E-state index in [-0.39, 0.29) is 18.1 Å². The third kappa shape index (κ3) is 4.27. The average Bonchev–Trinajstić information content (AvgIpc) is 2.42. The van der Waals surface area contributed by atoms with Crippen molar-refractivity contribution in [3.63, 3.8) is 0 Å². The number of halogens is 1. The SMILES string of the molecule is Cc1ccc(Nc2nc(NN)nc(OC(C)C)n2)cc1Br. The molecule has 7 nitrogen and oxygen atoms in total. The summed E-state index contributed by atoms with van der Waals surface area (Å²) in [5.74, 6) is 5.94. The summed E-state index contributed by atoms with van der Waals surface area (Å²) >= 11 is 3.48. The lowest BCUT2D eigenvalue weighted by Crippen LogP contribution is -2.15. The van der Waals surface area contributed by atoms with Crippen molar-refractivity contribution in [2.24, 2.45) is 5.84 Å². The smallest absolute Gasteiger partial charge is 0.323 e. The fraction of sp³-hybridized carbons (Fsp3) is 0.308. The van der Waals surface area contributed by atoms with Crippen LogP contribution in [0.15, 0.2) is 22.7 Å². The van der Waals surface area contributed by atoms with Crippen LogP contribution >= 0.6 is 15.9 Å². The van der Waals surface area contributed by atoms with E-state index < -0.39 is 0 Å². The highest BCUT2D eigenvalue weighted by Crippen LogP contribution is 2.23. The highest BCUT2D eigenvalue weighted by atomic mass is 79.9. The van der Waals surface area contributed by atoms with Crippen molar-refractivity contribution < 1.29 is 4.74 Å². The number of nitrogens with zero attached hydrogens (tertiary/aromatic N) is 3. The van der Waals surface area contributed by atoms with Crippen molar-refractivity contribution in [3.05, 3.63) is 28.2 Å². The lowest BCUT2D eigenvalue weighted by molar-refractivity contribution is 0.222. The molecule has 112 valence electrons. The van der Waals surface area contributed by atoms with Gasteiger partial charge in [-0.3, -0.25) is 5.43 Å². The van der Waals surface area contributed by atoms with Crippen LogP contribution in [0.2, 0.25) is 0 Å². The predicted molar refractivity (Wildman–Crippen MR) is 85.6 cm³/mol. The summed E-state index contributed by atoms with van der Waals surface area (Å²) in [6.45, 7) is 5.80. The van der Waals surface area contributed by atoms with Crippen LogP contribution in [-0.4, -0.2) is 21.1 Å². The van der Waals surface area contributed by atoms with E-state index in [0.29, 0.717) is 5.95 Å². The summed E-state index contributed by atoms with van der Waals surface area (Å²) in [5.41, 5.74) is 4.38. The number of nitrogen functional groups attached to an aromatic ring is 1. The lowest BCUT2D eigenvalue weighted by Gasteiger charge is -2.11. The second-order valence-electron chi connectivity index (χ2n) is 4.67. The average molecular weight is 353 g/mol. The first-order valence-corrected chi connectivity index (χ1v) is 7.19. The maximum absolute atomic E-state index is 5.47. The van der Waals surface area contributed by atoms with E-state index >= 15 is 0 Å². The second-order valence-corrected chi connectivity index (χ2v) is 5.52. The van der Waals surface area contributed by atoms with Crippen LogP contribution in [-0.2, 0) is 0 Å². The van der Waals surface area contributed by atoms with E-state index in [1.165, 1.54) is 0 Å². The first-order chi connectivity index (χ1) is 9.97. The summed E-state index contributed by atoms with van der Waals surface area (Å²) in [6.07, 6.45) is -0.0422. The number of anilines is 3. The van der Waals surface area contributed by atoms with Gasteiger partial charge in [0.15, 0.2) is 0 Å². The molecule has 0 amide bonds. The minimum absolute atomic E-state index is 0.0422. The molecule has 0 aliphatic heterocycles. The van der Waals surface area contributed by atoms with Gasteiger partial charge in [-0.15, -0.1) is 0 Å². The first kappa shape index (κ1) is 15.5. The summed E-state index contributed by atoms with van der Waals surface area (Å²) in [4.78, 5) is 12.4. The molecule has 0 aliphatic rings. The number of nitrogens with two attached hydrogens (primary N) is 1. The van der Waals surface area contributed by atoms with Gasteiger partial charge in [0.2, 0.25) is 11.9 Å². The quantitative estimate of drug-likeness (QED) is 0.562. The van der Waals surface area contributed by atoms with Crippen LogP contribution in [0.1, 0.15) is 19.4 Å². The van der Waals surface area contributed by atoms with E-state index in [1.807, 2.05) is 39.0 Å². The van der Waals surface area contributed by atoms with Gasteiger partial charge >= 0.3 is 6.01 Å². The minimum atomic E-state index is -0.0422. The number of aryl methyl sites for hydroxylation is 1. The van der Waals surface area contributed by atoms with Crippen molar-refractivity contribution in [2.75, 3.05) is 10.7 Å². The zero-order valence-corrected chi connectivity index (χ0v) is 13.6. The fourth-order valence-electron chi connectivity index (χ4n) is 1.54. The first-order valence-electron chi connectivity index (χ1n) is 6.40. The van der Waals surface area contributed by atoms with E-state index in [9.17, 15) is 0 Å². The standard InChI is InChI=1S/C13H17BrN6O/c1-7(2)21-13-18-11(17-12(19-13)20-15)16-9-5-4-8(3)10(14)6-9/h4-7H,15H2,1-3H3,(H2,16,17,18,19,20). The van der Waals surface area contributed by atoms with Gasteiger partial charge in [-0.25, -0.2) is 5.84 Å². The van der Waals surface area contributed by atoms with Gasteiger partial charge in [-0.05, 0) is 38.5 Å². The second kappa shape index (κ2) is 6.68. The number of aromatic nitrogens is 3. The van der Waals surface area contributed by atoms with Crippen molar-refractivity contribution in [1.29, 1.82) is 0 Å². The van der Waals surface area contributed by atoms with E-state index in [2.05, 4.69) is 41.6 Å². The number of hydrogen-bond acceptors (Lipinski definition) is 7. The Kier molecular flexibility index (Phi) is 4.92. The Morgan fingerprint density at radius 3 is 2.52 bits per heavy atom. The largest absolute Gasteiger partial charge is 0.461 e. The molecule has 1 aromatic carbocycles. The molecule has 2 rings (SSSR count). The number of hydrogen-bond donors (Lipinski definition) is 3. The van der Waals surface area contributed by atoms with Crippen LogP contribution in [0, 0.1) is 6.92 Å². The molecule has 8 heteroatoms. The molecule has 1 heterocycles. The van der Waals surface area contributed by atoms with E-state index in [0.717, 1.165) is 15.7 Å². The normalized spacial score (nSPS) is 10.6. The molecule has 0 spiro atoms. The summed E-state index contributed by atoms with van der Waals surface area (Å²) in [6, 6.07) is 6.07. The van der Waals surface area contributed by atoms with Crippen molar-refractivity contribution in [1.82, 2.24) is 15.0 Å². The topological polar surface area (TPSA) is 98.0 Å². The Bertz CT molecular complexity index is 634. The number of benzene rings is 1. The molecule has 21 heavy (non-hydrogen) atoms. The van der Waals surface area contributed by atoms with Gasteiger partial charge in [-0.1, -0.05) is 22.0 Å². The zero-order chi connectivity index (χ0) is 15.4. The predicted octanol–water partition coefficient (Wildman–Crippen LogP) is 2.76. The molecule has 0 bridgehead atoms. The highest BCUT2D eigenvalue weighted by molar-refractivity contribution is 9.10. The molecular formula is C13H17BrN6O. The molecule has 1 aromatic heterocycles. The lowest BCUT2D eigenvalue weighted by atomic mass is 10.2. The van der Waals surface area contributed by atoms with Crippen LogP contribution < -0.4 is 21.3 Å². The van der Waals surface area contributed by atoms with Gasteiger partial charge in [-0.2, -0.15) is 15.0 Å². The van der Waals surface area contributed by atoms with Gasteiger partial charge in [0, 0.05) is 10.2 Å². The molecule has 0 unspecified atom stereocenters. The molecule has 0 aliphatic carbocycles. The molecule has 4 N–H and O–H groups in total. The van der Waals surface area contributed by atoms with Gasteiger partial charge in [0.1, 0.15) is 0 Å². The third-order valence-electron chi connectivity index (χ3n) is 2.51. The third-order valence-corrected chi connectivity index (χ3v) is 3.37. The summed E-state index contributed by atoms with van der Waals surface area (Å²) in [5, 5.41) is 3.09. The molecule has 2 aromatic rings. The van der Waals surface area contributed by atoms with Crippen LogP contribution in [0.4, 0.5) is 17.6 Å². The Morgan fingerprint density at radius 1 is 1.19 bits per heavy atom. The molecule has 0 radical (unpaired) electrons. The van der Waals surface area contributed by atoms with Crippen molar-refractivity contribution in [2.45, 2.75) is 26.9 Å².